The molecule has 0 saturated carbocycles. The number of aromatic amines is 1. The molecule has 0 saturated heterocycles. The monoisotopic (exact) mass is 251 g/mol. The molecule has 0 aliphatic rings. The largest absolute Gasteiger partial charge is 0.479 e. The van der Waals surface area contributed by atoms with Gasteiger partial charge in [-0.25, -0.2) is 9.18 Å². The van der Waals surface area contributed by atoms with Crippen LogP contribution in [0, 0.1) is 0 Å². The highest BCUT2D eigenvalue weighted by molar-refractivity contribution is 5.86. The van der Waals surface area contributed by atoms with E-state index in [9.17, 15) is 14.3 Å². The van der Waals surface area contributed by atoms with Crippen LogP contribution in [0.15, 0.2) is 30.5 Å². The number of carboxylic acid groups (broad SMARTS) is 1. The van der Waals surface area contributed by atoms with Gasteiger partial charge in [0.15, 0.2) is 11.3 Å². The zero-order valence-corrected chi connectivity index (χ0v) is 10.1. The van der Waals surface area contributed by atoms with Crippen LogP contribution >= 0.6 is 0 Å². The van der Waals surface area contributed by atoms with E-state index in [-0.39, 0.29) is 5.56 Å². The number of H-pyrrole nitrogens is 1. The molecule has 3 N–H and O–H groups in total. The predicted molar refractivity (Wildman–Crippen MR) is 65.0 cm³/mol. The number of aliphatic hydroxyl groups is 1. The highest BCUT2D eigenvalue weighted by Crippen LogP contribution is 2.40. The summed E-state index contributed by atoms with van der Waals surface area (Å²) in [5, 5.41) is 19.4. The van der Waals surface area contributed by atoms with Crippen molar-refractivity contribution in [2.75, 3.05) is 0 Å². The SMILES string of the molecule is CC(O)(C(=O)O)C(C)(F)c1c[nH]c2ccccc12. The van der Waals surface area contributed by atoms with Gasteiger partial charge in [0.05, 0.1) is 0 Å². The molecule has 2 aromatic rings. The highest BCUT2D eigenvalue weighted by atomic mass is 19.1. The summed E-state index contributed by atoms with van der Waals surface area (Å²) in [7, 11) is 0. The molecule has 96 valence electrons. The van der Waals surface area contributed by atoms with Crippen LogP contribution in [0.4, 0.5) is 4.39 Å². The van der Waals surface area contributed by atoms with Crippen LogP contribution in [0.5, 0.6) is 0 Å². The molecular weight excluding hydrogens is 237 g/mol. The van der Waals surface area contributed by atoms with Crippen molar-refractivity contribution in [3.8, 4) is 0 Å². The number of nitrogens with one attached hydrogen (secondary N) is 1. The fourth-order valence-corrected chi connectivity index (χ4v) is 1.92. The summed E-state index contributed by atoms with van der Waals surface area (Å²) in [4.78, 5) is 13.9. The summed E-state index contributed by atoms with van der Waals surface area (Å²) in [6, 6.07) is 6.94. The van der Waals surface area contributed by atoms with E-state index in [2.05, 4.69) is 4.98 Å². The first kappa shape index (κ1) is 12.6. The number of carboxylic acids is 1. The summed E-state index contributed by atoms with van der Waals surface area (Å²) < 4.78 is 14.8. The van der Waals surface area contributed by atoms with Crippen molar-refractivity contribution < 1.29 is 19.4 Å². The van der Waals surface area contributed by atoms with E-state index < -0.39 is 17.2 Å². The molecule has 1 aromatic heterocycles. The fourth-order valence-electron chi connectivity index (χ4n) is 1.92. The number of hydrogen-bond donors (Lipinski definition) is 3. The quantitative estimate of drug-likeness (QED) is 0.782. The van der Waals surface area contributed by atoms with Crippen molar-refractivity contribution in [3.05, 3.63) is 36.0 Å². The molecule has 0 aliphatic carbocycles. The van der Waals surface area contributed by atoms with Crippen molar-refractivity contribution in [3.63, 3.8) is 0 Å². The van der Waals surface area contributed by atoms with Gasteiger partial charge in [-0.15, -0.1) is 0 Å². The van der Waals surface area contributed by atoms with E-state index in [0.29, 0.717) is 10.9 Å². The van der Waals surface area contributed by atoms with Gasteiger partial charge in [0, 0.05) is 22.7 Å². The molecule has 0 spiro atoms. The Hall–Kier alpha value is -1.88. The smallest absolute Gasteiger partial charge is 0.339 e. The zero-order chi connectivity index (χ0) is 13.6. The molecule has 0 radical (unpaired) electrons. The maximum atomic E-state index is 14.8. The first-order valence-corrected chi connectivity index (χ1v) is 5.50. The second-order valence-electron chi connectivity index (χ2n) is 4.63. The van der Waals surface area contributed by atoms with Crippen molar-refractivity contribution >= 4 is 16.9 Å². The van der Waals surface area contributed by atoms with Crippen LogP contribution in [0.2, 0.25) is 0 Å². The number of benzene rings is 1. The van der Waals surface area contributed by atoms with E-state index in [1.807, 2.05) is 0 Å². The minimum Gasteiger partial charge on any atom is -0.479 e. The average molecular weight is 251 g/mol. The second-order valence-corrected chi connectivity index (χ2v) is 4.63. The zero-order valence-electron chi connectivity index (χ0n) is 10.1. The molecular formula is C13H14FNO3. The lowest BCUT2D eigenvalue weighted by Gasteiger charge is -2.32. The molecule has 1 aromatic carbocycles. The van der Waals surface area contributed by atoms with Gasteiger partial charge >= 0.3 is 5.97 Å². The van der Waals surface area contributed by atoms with Gasteiger partial charge in [0.2, 0.25) is 0 Å². The number of halogens is 1. The molecule has 1 heterocycles. The Kier molecular flexibility index (Phi) is 2.66. The standard InChI is InChI=1S/C13H14FNO3/c1-12(14,13(2,18)11(16)17)9-7-15-10-6-4-3-5-8(9)10/h3-7,15,18H,1-2H3,(H,16,17). The van der Waals surface area contributed by atoms with E-state index in [0.717, 1.165) is 13.8 Å². The molecule has 2 rings (SSSR count). The number of aromatic nitrogens is 1. The van der Waals surface area contributed by atoms with Crippen molar-refractivity contribution in [2.24, 2.45) is 0 Å². The van der Waals surface area contributed by atoms with Gasteiger partial charge in [0.1, 0.15) is 0 Å². The van der Waals surface area contributed by atoms with Gasteiger partial charge in [-0.3, -0.25) is 0 Å². The third-order valence-corrected chi connectivity index (χ3v) is 3.43. The van der Waals surface area contributed by atoms with Gasteiger partial charge < -0.3 is 15.2 Å². The maximum absolute atomic E-state index is 14.8. The second kappa shape index (κ2) is 3.81. The summed E-state index contributed by atoms with van der Waals surface area (Å²) in [6.45, 7) is 2.02. The lowest BCUT2D eigenvalue weighted by Crippen LogP contribution is -2.50. The van der Waals surface area contributed by atoms with Gasteiger partial charge in [-0.05, 0) is 19.9 Å². The Morgan fingerprint density at radius 2 is 1.94 bits per heavy atom. The Morgan fingerprint density at radius 1 is 1.33 bits per heavy atom. The van der Waals surface area contributed by atoms with Crippen LogP contribution in [0.1, 0.15) is 19.4 Å². The highest BCUT2D eigenvalue weighted by Gasteiger charge is 2.52. The van der Waals surface area contributed by atoms with Crippen molar-refractivity contribution in [2.45, 2.75) is 25.1 Å². The Labute approximate surface area is 103 Å². The van der Waals surface area contributed by atoms with Crippen molar-refractivity contribution in [1.82, 2.24) is 4.98 Å². The Bertz CT molecular complexity index is 601. The summed E-state index contributed by atoms with van der Waals surface area (Å²) in [6.07, 6.45) is 1.39. The third-order valence-electron chi connectivity index (χ3n) is 3.43. The average Bonchev–Trinajstić information content (AvgIpc) is 2.72. The first-order valence-electron chi connectivity index (χ1n) is 5.50. The molecule has 4 nitrogen and oxygen atoms in total. The summed E-state index contributed by atoms with van der Waals surface area (Å²) in [5.41, 5.74) is -4.08. The summed E-state index contributed by atoms with van der Waals surface area (Å²) in [5.74, 6) is -1.60. The van der Waals surface area contributed by atoms with Gasteiger partial charge in [-0.2, -0.15) is 0 Å². The first-order chi connectivity index (χ1) is 8.28. The van der Waals surface area contributed by atoms with E-state index in [4.69, 9.17) is 5.11 Å². The van der Waals surface area contributed by atoms with Crippen LogP contribution in [-0.2, 0) is 10.5 Å². The predicted octanol–water partition coefficient (Wildman–Crippen LogP) is 2.19. The van der Waals surface area contributed by atoms with Crippen LogP contribution in [-0.4, -0.2) is 26.8 Å². The number of hydrogen-bond acceptors (Lipinski definition) is 2. The van der Waals surface area contributed by atoms with Gasteiger partial charge in [-0.1, -0.05) is 18.2 Å². The van der Waals surface area contributed by atoms with Crippen LogP contribution in [0.25, 0.3) is 10.9 Å². The molecule has 0 bridgehead atoms. The number of para-hydroxylation sites is 1. The normalized spacial score (nSPS) is 18.2. The maximum Gasteiger partial charge on any atom is 0.339 e. The van der Waals surface area contributed by atoms with Crippen LogP contribution in [0.3, 0.4) is 0 Å². The number of aliphatic carboxylic acids is 1. The molecule has 18 heavy (non-hydrogen) atoms. The molecule has 0 aliphatic heterocycles. The number of fused-ring (bicyclic) bond motifs is 1. The van der Waals surface area contributed by atoms with Crippen LogP contribution < -0.4 is 0 Å². The summed E-state index contributed by atoms with van der Waals surface area (Å²) >= 11 is 0. The lowest BCUT2D eigenvalue weighted by molar-refractivity contribution is -0.174. The Balaban J connectivity index is 2.64. The van der Waals surface area contributed by atoms with E-state index in [1.165, 1.54) is 6.20 Å². The minimum atomic E-state index is -2.50. The number of rotatable bonds is 3. The Morgan fingerprint density at radius 3 is 2.56 bits per heavy atom. The lowest BCUT2D eigenvalue weighted by atomic mass is 9.81. The fraction of sp³-hybridized carbons (Fsp3) is 0.308. The van der Waals surface area contributed by atoms with Gasteiger partial charge in [0.25, 0.3) is 0 Å². The van der Waals surface area contributed by atoms with E-state index in [1.54, 1.807) is 24.3 Å². The van der Waals surface area contributed by atoms with Crippen molar-refractivity contribution in [1.29, 1.82) is 0 Å². The third kappa shape index (κ3) is 1.59. The number of alkyl halides is 1. The molecule has 5 heteroatoms. The molecule has 0 fully saturated rings. The number of carbonyl (C=O) groups is 1. The minimum absolute atomic E-state index is 0.130. The molecule has 2 unspecified atom stereocenters. The topological polar surface area (TPSA) is 73.3 Å². The van der Waals surface area contributed by atoms with E-state index >= 15 is 0 Å². The molecule has 2 atom stereocenters. The molecule has 0 amide bonds.